The zero-order valence-electron chi connectivity index (χ0n) is 11.8. The number of halogens is 2. The second-order valence-electron chi connectivity index (χ2n) is 4.54. The Morgan fingerprint density at radius 3 is 2.81 bits per heavy atom. The summed E-state index contributed by atoms with van der Waals surface area (Å²) in [6.45, 7) is 2.53. The lowest BCUT2D eigenvalue weighted by Crippen LogP contribution is -2.37. The number of aromatic amines is 1. The summed E-state index contributed by atoms with van der Waals surface area (Å²) in [6.07, 6.45) is 1.51. The summed E-state index contributed by atoms with van der Waals surface area (Å²) in [6, 6.07) is 7.55. The van der Waals surface area contributed by atoms with Gasteiger partial charge >= 0.3 is 0 Å². The zero-order chi connectivity index (χ0) is 14.5. The maximum atomic E-state index is 12.2. The van der Waals surface area contributed by atoms with E-state index in [9.17, 15) is 4.79 Å². The number of hydrogen-bond acceptors (Lipinski definition) is 3. The van der Waals surface area contributed by atoms with Crippen LogP contribution >= 0.6 is 24.0 Å². The van der Waals surface area contributed by atoms with Crippen molar-refractivity contribution in [2.75, 3.05) is 13.6 Å². The molecule has 2 rings (SSSR count). The van der Waals surface area contributed by atoms with E-state index in [0.29, 0.717) is 22.8 Å². The molecule has 0 aliphatic heterocycles. The minimum Gasteiger partial charge on any atom is -0.350 e. The molecule has 0 aliphatic rings. The molecular formula is C14H18Cl2N4O. The molecular weight excluding hydrogens is 311 g/mol. The highest BCUT2D eigenvalue weighted by Gasteiger charge is 2.17. The number of amides is 1. The smallest absolute Gasteiger partial charge is 0.255 e. The molecule has 7 heteroatoms. The van der Waals surface area contributed by atoms with Gasteiger partial charge in [0.05, 0.1) is 17.5 Å². The van der Waals surface area contributed by atoms with Crippen LogP contribution in [0.1, 0.15) is 17.3 Å². The van der Waals surface area contributed by atoms with Crippen molar-refractivity contribution in [2.24, 2.45) is 0 Å². The second-order valence-corrected chi connectivity index (χ2v) is 4.95. The summed E-state index contributed by atoms with van der Waals surface area (Å²) in [5.41, 5.74) is 1.88. The molecule has 0 bridgehead atoms. The van der Waals surface area contributed by atoms with Gasteiger partial charge in [0.15, 0.2) is 0 Å². The second kappa shape index (κ2) is 8.02. The van der Waals surface area contributed by atoms with E-state index in [1.165, 1.54) is 6.20 Å². The molecule has 0 saturated carbocycles. The van der Waals surface area contributed by atoms with Crippen molar-refractivity contribution in [2.45, 2.75) is 13.0 Å². The molecule has 3 N–H and O–H groups in total. The van der Waals surface area contributed by atoms with E-state index in [1.807, 2.05) is 32.2 Å². The maximum absolute atomic E-state index is 12.2. The largest absolute Gasteiger partial charge is 0.350 e. The fraction of sp³-hybridized carbons (Fsp3) is 0.286. The van der Waals surface area contributed by atoms with Gasteiger partial charge in [-0.05, 0) is 20.0 Å². The molecule has 0 saturated heterocycles. The van der Waals surface area contributed by atoms with Gasteiger partial charge in [-0.25, -0.2) is 0 Å². The first-order valence-corrected chi connectivity index (χ1v) is 6.75. The lowest BCUT2D eigenvalue weighted by Gasteiger charge is -2.11. The van der Waals surface area contributed by atoms with Crippen LogP contribution in [0.2, 0.25) is 5.02 Å². The average molecular weight is 329 g/mol. The van der Waals surface area contributed by atoms with Crippen molar-refractivity contribution in [3.05, 3.63) is 41.0 Å². The van der Waals surface area contributed by atoms with Crippen LogP contribution in [0.3, 0.4) is 0 Å². The Morgan fingerprint density at radius 1 is 1.43 bits per heavy atom. The highest BCUT2D eigenvalue weighted by molar-refractivity contribution is 6.33. The van der Waals surface area contributed by atoms with Crippen molar-refractivity contribution >= 4 is 29.9 Å². The van der Waals surface area contributed by atoms with Gasteiger partial charge in [0.25, 0.3) is 5.91 Å². The number of nitrogens with zero attached hydrogens (tertiary/aromatic N) is 1. The SMILES string of the molecule is CNC(C)CNC(=O)c1cn[nH]c1-c1ccccc1Cl.Cl. The normalized spacial score (nSPS) is 11.6. The predicted octanol–water partition coefficient (Wildman–Crippen LogP) is 2.49. The highest BCUT2D eigenvalue weighted by Crippen LogP contribution is 2.28. The van der Waals surface area contributed by atoms with Crippen molar-refractivity contribution in [3.63, 3.8) is 0 Å². The third-order valence-corrected chi connectivity index (χ3v) is 3.42. The molecule has 1 heterocycles. The van der Waals surface area contributed by atoms with Crippen molar-refractivity contribution in [1.82, 2.24) is 20.8 Å². The predicted molar refractivity (Wildman–Crippen MR) is 87.1 cm³/mol. The minimum atomic E-state index is -0.171. The number of nitrogens with one attached hydrogen (secondary N) is 3. The van der Waals surface area contributed by atoms with Crippen LogP contribution in [-0.4, -0.2) is 35.7 Å². The van der Waals surface area contributed by atoms with Crippen molar-refractivity contribution < 1.29 is 4.79 Å². The molecule has 1 aromatic heterocycles. The van der Waals surface area contributed by atoms with E-state index in [4.69, 9.17) is 11.6 Å². The van der Waals surface area contributed by atoms with Gasteiger partial charge < -0.3 is 10.6 Å². The minimum absolute atomic E-state index is 0. The van der Waals surface area contributed by atoms with E-state index in [2.05, 4.69) is 20.8 Å². The summed E-state index contributed by atoms with van der Waals surface area (Å²) in [5, 5.41) is 13.3. The van der Waals surface area contributed by atoms with E-state index in [1.54, 1.807) is 6.07 Å². The van der Waals surface area contributed by atoms with Gasteiger partial charge in [-0.3, -0.25) is 9.89 Å². The summed E-state index contributed by atoms with van der Waals surface area (Å²) >= 11 is 6.15. The van der Waals surface area contributed by atoms with E-state index >= 15 is 0 Å². The van der Waals surface area contributed by atoms with E-state index in [-0.39, 0.29) is 24.4 Å². The topological polar surface area (TPSA) is 69.8 Å². The quantitative estimate of drug-likeness (QED) is 0.789. The van der Waals surface area contributed by atoms with Gasteiger partial charge in [-0.2, -0.15) is 5.10 Å². The molecule has 0 aliphatic carbocycles. The molecule has 0 spiro atoms. The summed E-state index contributed by atoms with van der Waals surface area (Å²) < 4.78 is 0. The van der Waals surface area contributed by atoms with Crippen molar-refractivity contribution in [1.29, 1.82) is 0 Å². The Balaban J connectivity index is 0.00000220. The first-order chi connectivity index (χ1) is 9.63. The zero-order valence-corrected chi connectivity index (χ0v) is 13.4. The van der Waals surface area contributed by atoms with Gasteiger partial charge in [0, 0.05) is 23.2 Å². The number of carbonyl (C=O) groups excluding carboxylic acids is 1. The van der Waals surface area contributed by atoms with Crippen LogP contribution < -0.4 is 10.6 Å². The Morgan fingerprint density at radius 2 is 2.14 bits per heavy atom. The van der Waals surface area contributed by atoms with Crippen molar-refractivity contribution in [3.8, 4) is 11.3 Å². The third kappa shape index (κ3) is 4.20. The van der Waals surface area contributed by atoms with Crippen LogP contribution in [0.5, 0.6) is 0 Å². The molecule has 1 aromatic carbocycles. The number of H-pyrrole nitrogens is 1. The molecule has 1 unspecified atom stereocenters. The first-order valence-electron chi connectivity index (χ1n) is 6.37. The molecule has 2 aromatic rings. The van der Waals surface area contributed by atoms with Gasteiger partial charge in [-0.1, -0.05) is 29.8 Å². The van der Waals surface area contributed by atoms with Crippen LogP contribution in [0.25, 0.3) is 11.3 Å². The summed E-state index contributed by atoms with van der Waals surface area (Å²) in [5.74, 6) is -0.171. The van der Waals surface area contributed by atoms with Crippen LogP contribution in [-0.2, 0) is 0 Å². The fourth-order valence-corrected chi connectivity index (χ4v) is 2.00. The monoisotopic (exact) mass is 328 g/mol. The molecule has 1 amide bonds. The average Bonchev–Trinajstić information content (AvgIpc) is 2.94. The number of benzene rings is 1. The molecule has 5 nitrogen and oxygen atoms in total. The number of aromatic nitrogens is 2. The van der Waals surface area contributed by atoms with Gasteiger partial charge in [0.1, 0.15) is 0 Å². The molecule has 1 atom stereocenters. The van der Waals surface area contributed by atoms with Gasteiger partial charge in [0.2, 0.25) is 0 Å². The molecule has 0 fully saturated rings. The first kappa shape index (κ1) is 17.5. The van der Waals surface area contributed by atoms with Crippen LogP contribution in [0, 0.1) is 0 Å². The molecule has 0 radical (unpaired) electrons. The Bertz CT molecular complexity index is 600. The Hall–Kier alpha value is -1.56. The Kier molecular flexibility index (Phi) is 6.68. The Labute approximate surface area is 134 Å². The highest BCUT2D eigenvalue weighted by atomic mass is 35.5. The maximum Gasteiger partial charge on any atom is 0.255 e. The third-order valence-electron chi connectivity index (χ3n) is 3.09. The summed E-state index contributed by atoms with van der Waals surface area (Å²) in [7, 11) is 1.85. The summed E-state index contributed by atoms with van der Waals surface area (Å²) in [4.78, 5) is 12.2. The lowest BCUT2D eigenvalue weighted by atomic mass is 10.1. The van der Waals surface area contributed by atoms with Gasteiger partial charge in [-0.15, -0.1) is 12.4 Å². The number of carbonyl (C=O) groups is 1. The molecule has 114 valence electrons. The number of likely N-dealkylation sites (N-methyl/N-ethyl adjacent to an activating group) is 1. The fourth-order valence-electron chi connectivity index (χ4n) is 1.77. The number of hydrogen-bond donors (Lipinski definition) is 3. The molecule has 21 heavy (non-hydrogen) atoms. The van der Waals surface area contributed by atoms with E-state index < -0.39 is 0 Å². The number of rotatable bonds is 5. The van der Waals surface area contributed by atoms with Crippen LogP contribution in [0.4, 0.5) is 0 Å². The van der Waals surface area contributed by atoms with Crippen LogP contribution in [0.15, 0.2) is 30.5 Å². The lowest BCUT2D eigenvalue weighted by molar-refractivity contribution is 0.0951. The van der Waals surface area contributed by atoms with E-state index in [0.717, 1.165) is 5.56 Å². The standard InChI is InChI=1S/C14H17ClN4O.ClH/c1-9(16-2)7-17-14(20)11-8-18-19-13(11)10-5-3-4-6-12(10)15;/h3-6,8-9,16H,7H2,1-2H3,(H,17,20)(H,18,19);1H.